The normalized spacial score (nSPS) is 11.4. The minimum absolute atomic E-state index is 0.0387. The Balaban J connectivity index is 1.58. The molecule has 2 aromatic heterocycles. The molecular weight excluding hydrogens is 369 g/mol. The van der Waals surface area contributed by atoms with Crippen molar-refractivity contribution < 1.29 is 27.1 Å². The number of amides is 1. The molecule has 0 saturated heterocycles. The van der Waals surface area contributed by atoms with E-state index in [1.165, 1.54) is 23.5 Å². The van der Waals surface area contributed by atoms with E-state index in [1.54, 1.807) is 5.38 Å². The molecule has 0 saturated carbocycles. The molecule has 26 heavy (non-hydrogen) atoms. The zero-order chi connectivity index (χ0) is 18.7. The summed E-state index contributed by atoms with van der Waals surface area (Å²) in [6.45, 7) is 1.83. The molecule has 136 valence electrons. The monoisotopic (exact) mass is 382 g/mol. The first kappa shape index (κ1) is 18.0. The van der Waals surface area contributed by atoms with Crippen molar-refractivity contribution in [1.29, 1.82) is 0 Å². The fourth-order valence-electron chi connectivity index (χ4n) is 2.16. The first-order valence-electron chi connectivity index (χ1n) is 7.45. The Labute approximate surface area is 150 Å². The van der Waals surface area contributed by atoms with Gasteiger partial charge in [0.15, 0.2) is 10.8 Å². The number of nitrogens with one attached hydrogen (secondary N) is 1. The number of ether oxygens (including phenoxy) is 1. The summed E-state index contributed by atoms with van der Waals surface area (Å²) in [6, 6.07) is 8.55. The molecule has 9 heteroatoms. The predicted molar refractivity (Wildman–Crippen MR) is 90.0 cm³/mol. The van der Waals surface area contributed by atoms with Gasteiger partial charge in [0, 0.05) is 11.1 Å². The van der Waals surface area contributed by atoms with Crippen LogP contribution in [0.4, 0.5) is 18.9 Å². The molecular formula is C17H13F3N2O3S. The summed E-state index contributed by atoms with van der Waals surface area (Å²) in [5.74, 6) is 0.724. The van der Waals surface area contributed by atoms with Crippen LogP contribution in [0.25, 0.3) is 10.8 Å². The minimum Gasteiger partial charge on any atom is -0.459 e. The van der Waals surface area contributed by atoms with Crippen LogP contribution in [-0.4, -0.2) is 17.3 Å². The zero-order valence-electron chi connectivity index (χ0n) is 13.5. The van der Waals surface area contributed by atoms with Gasteiger partial charge in [-0.05, 0) is 43.3 Å². The lowest BCUT2D eigenvalue weighted by molar-refractivity contribution is -0.274. The molecule has 0 radical (unpaired) electrons. The Kier molecular flexibility index (Phi) is 4.99. The van der Waals surface area contributed by atoms with Crippen LogP contribution in [0, 0.1) is 6.92 Å². The Morgan fingerprint density at radius 1 is 1.23 bits per heavy atom. The number of aryl methyl sites for hydroxylation is 1. The lowest BCUT2D eigenvalue weighted by Crippen LogP contribution is -2.17. The van der Waals surface area contributed by atoms with Gasteiger partial charge in [-0.1, -0.05) is 0 Å². The molecule has 0 atom stereocenters. The molecule has 0 unspecified atom stereocenters. The average Bonchev–Trinajstić information content (AvgIpc) is 3.17. The molecule has 5 nitrogen and oxygen atoms in total. The second kappa shape index (κ2) is 7.20. The average molecular weight is 382 g/mol. The summed E-state index contributed by atoms with van der Waals surface area (Å²) < 4.78 is 45.6. The molecule has 0 aliphatic heterocycles. The molecule has 2 heterocycles. The number of carbonyl (C=O) groups excluding carboxylic acids is 1. The topological polar surface area (TPSA) is 64.4 Å². The summed E-state index contributed by atoms with van der Waals surface area (Å²) in [5, 5.41) is 5.03. The van der Waals surface area contributed by atoms with Crippen LogP contribution >= 0.6 is 11.3 Å². The number of halogens is 3. The Bertz CT molecular complexity index is 901. The number of hydrogen-bond acceptors (Lipinski definition) is 5. The fraction of sp³-hybridized carbons (Fsp3) is 0.176. The molecule has 0 fully saturated rings. The van der Waals surface area contributed by atoms with E-state index < -0.39 is 6.36 Å². The van der Waals surface area contributed by atoms with Gasteiger partial charge in [0.2, 0.25) is 5.91 Å². The number of benzene rings is 1. The molecule has 1 N–H and O–H groups in total. The Morgan fingerprint density at radius 2 is 1.96 bits per heavy atom. The maximum absolute atomic E-state index is 12.1. The fourth-order valence-corrected chi connectivity index (χ4v) is 2.94. The predicted octanol–water partition coefficient (Wildman–Crippen LogP) is 4.79. The van der Waals surface area contributed by atoms with Gasteiger partial charge in [-0.25, -0.2) is 4.98 Å². The SMILES string of the molecule is Cc1ccc(-c2nc(CC(=O)Nc3ccc(OC(F)(F)F)cc3)cs2)o1. The van der Waals surface area contributed by atoms with Gasteiger partial charge in [0.05, 0.1) is 12.1 Å². The molecule has 0 aliphatic rings. The zero-order valence-corrected chi connectivity index (χ0v) is 14.3. The third kappa shape index (κ3) is 4.85. The van der Waals surface area contributed by atoms with Gasteiger partial charge in [-0.2, -0.15) is 0 Å². The van der Waals surface area contributed by atoms with Crippen molar-refractivity contribution in [3.63, 3.8) is 0 Å². The number of aromatic nitrogens is 1. The highest BCUT2D eigenvalue weighted by Crippen LogP contribution is 2.26. The van der Waals surface area contributed by atoms with Gasteiger partial charge in [-0.3, -0.25) is 4.79 Å². The summed E-state index contributed by atoms with van der Waals surface area (Å²) in [5.41, 5.74) is 0.940. The molecule has 3 aromatic rings. The summed E-state index contributed by atoms with van der Waals surface area (Å²) in [4.78, 5) is 16.4. The quantitative estimate of drug-likeness (QED) is 0.689. The number of furan rings is 1. The molecule has 1 amide bonds. The summed E-state index contributed by atoms with van der Waals surface area (Å²) in [6.07, 6.45) is -4.71. The van der Waals surface area contributed by atoms with Crippen LogP contribution in [0.1, 0.15) is 11.5 Å². The number of hydrogen-bond donors (Lipinski definition) is 1. The highest BCUT2D eigenvalue weighted by molar-refractivity contribution is 7.13. The van der Waals surface area contributed by atoms with Crippen LogP contribution in [-0.2, 0) is 11.2 Å². The number of nitrogens with zero attached hydrogens (tertiary/aromatic N) is 1. The third-order valence-electron chi connectivity index (χ3n) is 3.22. The smallest absolute Gasteiger partial charge is 0.459 e. The minimum atomic E-state index is -4.75. The first-order chi connectivity index (χ1) is 12.3. The molecule has 3 rings (SSSR count). The van der Waals surface area contributed by atoms with Crippen molar-refractivity contribution in [2.45, 2.75) is 19.7 Å². The molecule has 0 bridgehead atoms. The van der Waals surface area contributed by atoms with E-state index in [0.717, 1.165) is 17.9 Å². The van der Waals surface area contributed by atoms with E-state index in [9.17, 15) is 18.0 Å². The van der Waals surface area contributed by atoms with Gasteiger partial charge in [0.1, 0.15) is 11.5 Å². The van der Waals surface area contributed by atoms with Crippen LogP contribution in [0.15, 0.2) is 46.2 Å². The number of anilines is 1. The number of alkyl halides is 3. The lowest BCUT2D eigenvalue weighted by Gasteiger charge is -2.09. The van der Waals surface area contributed by atoms with Crippen molar-refractivity contribution in [1.82, 2.24) is 4.98 Å². The second-order valence-corrected chi connectivity index (χ2v) is 6.21. The largest absolute Gasteiger partial charge is 0.573 e. The summed E-state index contributed by atoms with van der Waals surface area (Å²) >= 11 is 1.36. The number of thiazole rings is 1. The van der Waals surface area contributed by atoms with E-state index >= 15 is 0 Å². The van der Waals surface area contributed by atoms with E-state index in [1.807, 2.05) is 19.1 Å². The van der Waals surface area contributed by atoms with Crippen LogP contribution in [0.3, 0.4) is 0 Å². The highest BCUT2D eigenvalue weighted by atomic mass is 32.1. The second-order valence-electron chi connectivity index (χ2n) is 5.35. The maximum Gasteiger partial charge on any atom is 0.573 e. The van der Waals surface area contributed by atoms with Gasteiger partial charge < -0.3 is 14.5 Å². The summed E-state index contributed by atoms with van der Waals surface area (Å²) in [7, 11) is 0. The number of carbonyl (C=O) groups is 1. The van der Waals surface area contributed by atoms with Crippen LogP contribution in [0.5, 0.6) is 5.75 Å². The molecule has 1 aromatic carbocycles. The third-order valence-corrected chi connectivity index (χ3v) is 4.12. The van der Waals surface area contributed by atoms with Crippen molar-refractivity contribution in [2.24, 2.45) is 0 Å². The van der Waals surface area contributed by atoms with Crippen molar-refractivity contribution in [2.75, 3.05) is 5.32 Å². The van der Waals surface area contributed by atoms with Crippen molar-refractivity contribution in [3.8, 4) is 16.5 Å². The van der Waals surface area contributed by atoms with E-state index in [4.69, 9.17) is 4.42 Å². The molecule has 0 aliphatic carbocycles. The van der Waals surface area contributed by atoms with E-state index in [0.29, 0.717) is 22.1 Å². The maximum atomic E-state index is 12.1. The highest BCUT2D eigenvalue weighted by Gasteiger charge is 2.30. The van der Waals surface area contributed by atoms with E-state index in [-0.39, 0.29) is 18.1 Å². The van der Waals surface area contributed by atoms with E-state index in [2.05, 4.69) is 15.0 Å². The van der Waals surface area contributed by atoms with Crippen molar-refractivity contribution >= 4 is 22.9 Å². The number of rotatable bonds is 5. The lowest BCUT2D eigenvalue weighted by atomic mass is 10.2. The molecule has 0 spiro atoms. The van der Waals surface area contributed by atoms with Crippen LogP contribution < -0.4 is 10.1 Å². The standard InChI is InChI=1S/C17H13F3N2O3S/c1-10-2-7-14(24-10)16-22-12(9-26-16)8-15(23)21-11-3-5-13(6-4-11)25-17(18,19)20/h2-7,9H,8H2,1H3,(H,21,23). The Hall–Kier alpha value is -2.81. The van der Waals surface area contributed by atoms with Crippen molar-refractivity contribution in [3.05, 3.63) is 53.2 Å². The first-order valence-corrected chi connectivity index (χ1v) is 8.33. The Morgan fingerprint density at radius 3 is 2.58 bits per heavy atom. The van der Waals surface area contributed by atoms with Crippen LogP contribution in [0.2, 0.25) is 0 Å². The van der Waals surface area contributed by atoms with Gasteiger partial charge in [0.25, 0.3) is 0 Å². The van der Waals surface area contributed by atoms with Gasteiger partial charge in [-0.15, -0.1) is 24.5 Å². The van der Waals surface area contributed by atoms with Gasteiger partial charge >= 0.3 is 6.36 Å².